The van der Waals surface area contributed by atoms with E-state index in [9.17, 15) is 13.6 Å². The smallest absolute Gasteiger partial charge is 0.306 e. The number of piperidine rings is 1. The Labute approximate surface area is 120 Å². The number of halogens is 2. The van der Waals surface area contributed by atoms with Gasteiger partial charge in [-0.1, -0.05) is 0 Å². The lowest BCUT2D eigenvalue weighted by Crippen LogP contribution is -2.36. The molecule has 4 nitrogen and oxygen atoms in total. The molecule has 0 atom stereocenters. The van der Waals surface area contributed by atoms with Gasteiger partial charge in [-0.05, 0) is 30.4 Å². The maximum Gasteiger partial charge on any atom is 0.306 e. The maximum atomic E-state index is 14.1. The number of hydrogen-bond donors (Lipinski definition) is 1. The molecule has 0 bridgehead atoms. The normalized spacial score (nSPS) is 16.4. The van der Waals surface area contributed by atoms with Crippen LogP contribution >= 0.6 is 0 Å². The third kappa shape index (κ3) is 2.53. The highest BCUT2D eigenvalue weighted by Gasteiger charge is 2.26. The van der Waals surface area contributed by atoms with Crippen molar-refractivity contribution < 1.29 is 18.7 Å². The standard InChI is InChI=1S/C15H14F2N2O2/c16-11-7-10-1-4-18-14(13(10)12(17)8-11)19-5-2-9(3-6-19)15(20)21/h1,4,7-9H,2-3,5-6H2,(H,20,21). The Morgan fingerprint density at radius 1 is 1.29 bits per heavy atom. The molecule has 0 unspecified atom stereocenters. The number of carboxylic acids is 1. The molecule has 0 aliphatic carbocycles. The van der Waals surface area contributed by atoms with Crippen molar-refractivity contribution in [3.8, 4) is 0 Å². The van der Waals surface area contributed by atoms with Gasteiger partial charge in [-0.3, -0.25) is 4.79 Å². The van der Waals surface area contributed by atoms with Gasteiger partial charge >= 0.3 is 5.97 Å². The van der Waals surface area contributed by atoms with E-state index in [1.165, 1.54) is 12.3 Å². The summed E-state index contributed by atoms with van der Waals surface area (Å²) in [6.07, 6.45) is 2.51. The minimum absolute atomic E-state index is 0.285. The average molecular weight is 292 g/mol. The summed E-state index contributed by atoms with van der Waals surface area (Å²) in [7, 11) is 0. The van der Waals surface area contributed by atoms with Crippen LogP contribution in [0.3, 0.4) is 0 Å². The van der Waals surface area contributed by atoms with Crippen molar-refractivity contribution >= 4 is 22.6 Å². The molecule has 1 aliphatic rings. The average Bonchev–Trinajstić information content (AvgIpc) is 2.46. The van der Waals surface area contributed by atoms with Gasteiger partial charge in [-0.15, -0.1) is 0 Å². The number of fused-ring (bicyclic) bond motifs is 1. The van der Waals surface area contributed by atoms with E-state index >= 15 is 0 Å². The van der Waals surface area contributed by atoms with E-state index < -0.39 is 17.6 Å². The topological polar surface area (TPSA) is 53.4 Å². The minimum Gasteiger partial charge on any atom is -0.481 e. The Morgan fingerprint density at radius 3 is 2.67 bits per heavy atom. The lowest BCUT2D eigenvalue weighted by atomic mass is 9.97. The molecule has 0 saturated carbocycles. The first-order valence-corrected chi connectivity index (χ1v) is 6.78. The molecule has 1 saturated heterocycles. The van der Waals surface area contributed by atoms with Gasteiger partial charge in [0, 0.05) is 25.4 Å². The molecule has 1 aromatic heterocycles. The predicted molar refractivity (Wildman–Crippen MR) is 74.2 cm³/mol. The summed E-state index contributed by atoms with van der Waals surface area (Å²) in [4.78, 5) is 17.0. The summed E-state index contributed by atoms with van der Waals surface area (Å²) < 4.78 is 27.3. The van der Waals surface area contributed by atoms with Crippen LogP contribution in [0, 0.1) is 17.6 Å². The number of hydrogen-bond acceptors (Lipinski definition) is 3. The molecule has 2 heterocycles. The van der Waals surface area contributed by atoms with E-state index in [-0.39, 0.29) is 11.3 Å². The van der Waals surface area contributed by atoms with E-state index in [1.54, 1.807) is 6.07 Å². The zero-order valence-corrected chi connectivity index (χ0v) is 11.2. The molecule has 110 valence electrons. The molecule has 6 heteroatoms. The number of aliphatic carboxylic acids is 1. The van der Waals surface area contributed by atoms with Crippen molar-refractivity contribution in [3.05, 3.63) is 36.0 Å². The Bertz CT molecular complexity index is 697. The van der Waals surface area contributed by atoms with Gasteiger partial charge in [0.1, 0.15) is 17.5 Å². The Balaban J connectivity index is 1.97. The third-order valence-electron chi connectivity index (χ3n) is 3.90. The molecule has 21 heavy (non-hydrogen) atoms. The monoisotopic (exact) mass is 292 g/mol. The van der Waals surface area contributed by atoms with Gasteiger partial charge in [0.15, 0.2) is 0 Å². The van der Waals surface area contributed by atoms with E-state index in [0.29, 0.717) is 37.1 Å². The third-order valence-corrected chi connectivity index (χ3v) is 3.90. The lowest BCUT2D eigenvalue weighted by molar-refractivity contribution is -0.142. The Kier molecular flexibility index (Phi) is 3.45. The van der Waals surface area contributed by atoms with Crippen molar-refractivity contribution in [2.45, 2.75) is 12.8 Å². The van der Waals surface area contributed by atoms with E-state index in [1.807, 2.05) is 4.90 Å². The molecule has 0 radical (unpaired) electrons. The van der Waals surface area contributed by atoms with Crippen molar-refractivity contribution in [2.75, 3.05) is 18.0 Å². The van der Waals surface area contributed by atoms with Gasteiger partial charge in [-0.25, -0.2) is 13.8 Å². The van der Waals surface area contributed by atoms with Crippen LogP contribution in [0.5, 0.6) is 0 Å². The second-order valence-corrected chi connectivity index (χ2v) is 5.22. The number of pyridine rings is 1. The SMILES string of the molecule is O=C(O)C1CCN(c2nccc3cc(F)cc(F)c23)CC1. The van der Waals surface area contributed by atoms with Crippen LogP contribution in [0.25, 0.3) is 10.8 Å². The van der Waals surface area contributed by atoms with E-state index in [4.69, 9.17) is 5.11 Å². The lowest BCUT2D eigenvalue weighted by Gasteiger charge is -2.31. The van der Waals surface area contributed by atoms with Crippen LogP contribution in [0.2, 0.25) is 0 Å². The van der Waals surface area contributed by atoms with Gasteiger partial charge in [-0.2, -0.15) is 0 Å². The van der Waals surface area contributed by atoms with Crippen LogP contribution < -0.4 is 4.90 Å². The van der Waals surface area contributed by atoms with Gasteiger partial charge < -0.3 is 10.0 Å². The summed E-state index contributed by atoms with van der Waals surface area (Å²) >= 11 is 0. The van der Waals surface area contributed by atoms with Gasteiger partial charge in [0.05, 0.1) is 11.3 Å². The number of nitrogens with zero attached hydrogens (tertiary/aromatic N) is 2. The number of anilines is 1. The quantitative estimate of drug-likeness (QED) is 0.924. The van der Waals surface area contributed by atoms with Crippen LogP contribution in [-0.2, 0) is 4.79 Å². The van der Waals surface area contributed by atoms with Crippen molar-refractivity contribution in [3.63, 3.8) is 0 Å². The maximum absolute atomic E-state index is 14.1. The number of carbonyl (C=O) groups is 1. The molecular formula is C15H14F2N2O2. The van der Waals surface area contributed by atoms with Crippen LogP contribution in [-0.4, -0.2) is 29.1 Å². The first kappa shape index (κ1) is 13.7. The number of carboxylic acid groups (broad SMARTS) is 1. The van der Waals surface area contributed by atoms with Gasteiger partial charge in [0.2, 0.25) is 0 Å². The second kappa shape index (κ2) is 5.27. The zero-order valence-electron chi connectivity index (χ0n) is 11.2. The molecule has 0 spiro atoms. The fourth-order valence-corrected chi connectivity index (χ4v) is 2.79. The molecule has 1 aliphatic heterocycles. The van der Waals surface area contributed by atoms with Gasteiger partial charge in [0.25, 0.3) is 0 Å². The van der Waals surface area contributed by atoms with E-state index in [2.05, 4.69) is 4.98 Å². The Morgan fingerprint density at radius 2 is 2.00 bits per heavy atom. The molecule has 2 aromatic rings. The van der Waals surface area contributed by atoms with E-state index in [0.717, 1.165) is 6.07 Å². The first-order chi connectivity index (χ1) is 10.1. The van der Waals surface area contributed by atoms with Crippen LogP contribution in [0.15, 0.2) is 24.4 Å². The number of benzene rings is 1. The first-order valence-electron chi connectivity index (χ1n) is 6.78. The van der Waals surface area contributed by atoms with Crippen LogP contribution in [0.4, 0.5) is 14.6 Å². The predicted octanol–water partition coefficient (Wildman–Crippen LogP) is 2.81. The highest BCUT2D eigenvalue weighted by atomic mass is 19.1. The number of aromatic nitrogens is 1. The van der Waals surface area contributed by atoms with Crippen molar-refractivity contribution in [1.29, 1.82) is 0 Å². The summed E-state index contributed by atoms with van der Waals surface area (Å²) in [6.45, 7) is 1.000. The molecular weight excluding hydrogens is 278 g/mol. The fraction of sp³-hybridized carbons (Fsp3) is 0.333. The minimum atomic E-state index is -0.797. The molecule has 1 N–H and O–H groups in total. The summed E-state index contributed by atoms with van der Waals surface area (Å²) in [6, 6.07) is 3.68. The molecule has 1 aromatic carbocycles. The second-order valence-electron chi connectivity index (χ2n) is 5.22. The summed E-state index contributed by atoms with van der Waals surface area (Å²) in [5.74, 6) is -1.98. The molecule has 3 rings (SSSR count). The molecule has 0 amide bonds. The largest absolute Gasteiger partial charge is 0.481 e. The fourth-order valence-electron chi connectivity index (χ4n) is 2.79. The highest BCUT2D eigenvalue weighted by molar-refractivity contribution is 5.92. The number of rotatable bonds is 2. The summed E-state index contributed by atoms with van der Waals surface area (Å²) in [5.41, 5.74) is 0. The van der Waals surface area contributed by atoms with Crippen LogP contribution in [0.1, 0.15) is 12.8 Å². The van der Waals surface area contributed by atoms with Crippen molar-refractivity contribution in [2.24, 2.45) is 5.92 Å². The Hall–Kier alpha value is -2.24. The highest BCUT2D eigenvalue weighted by Crippen LogP contribution is 2.30. The molecule has 1 fully saturated rings. The zero-order chi connectivity index (χ0) is 15.0. The van der Waals surface area contributed by atoms with Crippen molar-refractivity contribution in [1.82, 2.24) is 4.98 Å². The summed E-state index contributed by atoms with van der Waals surface area (Å²) in [5, 5.41) is 9.75.